The molecule has 3 N–H and O–H groups in total. The van der Waals surface area contributed by atoms with E-state index in [1.165, 1.54) is 0 Å². The molecule has 4 nitrogen and oxygen atoms in total. The molecule has 0 saturated carbocycles. The van der Waals surface area contributed by atoms with Gasteiger partial charge in [0.2, 0.25) is 0 Å². The molecule has 4 heteroatoms. The van der Waals surface area contributed by atoms with Crippen molar-refractivity contribution in [1.82, 2.24) is 4.90 Å². The lowest BCUT2D eigenvalue weighted by Crippen LogP contribution is -2.42. The summed E-state index contributed by atoms with van der Waals surface area (Å²) in [7, 11) is 0. The van der Waals surface area contributed by atoms with Crippen molar-refractivity contribution in [1.29, 1.82) is 0 Å². The average Bonchev–Trinajstić information content (AvgIpc) is 2.27. The number of nitrogens with zero attached hydrogens (tertiary/aromatic N) is 1. The van der Waals surface area contributed by atoms with Gasteiger partial charge in [0.05, 0.1) is 13.2 Å². The molecule has 0 bridgehead atoms. The van der Waals surface area contributed by atoms with E-state index in [0.29, 0.717) is 17.5 Å². The molecule has 1 atom stereocenters. The van der Waals surface area contributed by atoms with Crippen LogP contribution in [0.1, 0.15) is 12.5 Å². The van der Waals surface area contributed by atoms with Gasteiger partial charge in [0, 0.05) is 30.4 Å². The molecule has 2 rings (SSSR count). The highest BCUT2D eigenvalue weighted by molar-refractivity contribution is 5.47. The Morgan fingerprint density at radius 3 is 3.12 bits per heavy atom. The summed E-state index contributed by atoms with van der Waals surface area (Å²) in [6, 6.07) is 5.57. The van der Waals surface area contributed by atoms with Crippen LogP contribution < -0.4 is 5.73 Å². The maximum absolute atomic E-state index is 9.74. The van der Waals surface area contributed by atoms with Crippen LogP contribution >= 0.6 is 0 Å². The molecule has 1 fully saturated rings. The van der Waals surface area contributed by atoms with Gasteiger partial charge in [-0.15, -0.1) is 0 Å². The van der Waals surface area contributed by atoms with Gasteiger partial charge in [0.25, 0.3) is 0 Å². The fourth-order valence-electron chi connectivity index (χ4n) is 1.95. The number of hydrogen-bond donors (Lipinski definition) is 2. The van der Waals surface area contributed by atoms with Crippen molar-refractivity contribution in [3.63, 3.8) is 0 Å². The SMILES string of the molecule is CC1COCCN1Cc1cc(N)ccc1O. The van der Waals surface area contributed by atoms with Gasteiger partial charge in [0.1, 0.15) is 5.75 Å². The monoisotopic (exact) mass is 222 g/mol. The van der Waals surface area contributed by atoms with Crippen LogP contribution in [0.4, 0.5) is 5.69 Å². The third kappa shape index (κ3) is 2.46. The summed E-state index contributed by atoms with van der Waals surface area (Å²) in [5.74, 6) is 0.313. The van der Waals surface area contributed by atoms with Crippen molar-refractivity contribution < 1.29 is 9.84 Å². The minimum absolute atomic E-state index is 0.313. The van der Waals surface area contributed by atoms with Gasteiger partial charge in [-0.3, -0.25) is 4.90 Å². The van der Waals surface area contributed by atoms with Gasteiger partial charge in [-0.1, -0.05) is 0 Å². The smallest absolute Gasteiger partial charge is 0.120 e. The Balaban J connectivity index is 2.10. The number of nitrogen functional groups attached to an aromatic ring is 1. The second-order valence-electron chi connectivity index (χ2n) is 4.28. The van der Waals surface area contributed by atoms with Crippen molar-refractivity contribution in [2.45, 2.75) is 19.5 Å². The van der Waals surface area contributed by atoms with Crippen LogP contribution in [0.15, 0.2) is 18.2 Å². The molecule has 1 saturated heterocycles. The van der Waals surface area contributed by atoms with Gasteiger partial charge in [-0.25, -0.2) is 0 Å². The third-order valence-electron chi connectivity index (χ3n) is 2.98. The van der Waals surface area contributed by atoms with Crippen molar-refractivity contribution in [3.05, 3.63) is 23.8 Å². The zero-order valence-corrected chi connectivity index (χ0v) is 9.52. The molecule has 16 heavy (non-hydrogen) atoms. The van der Waals surface area contributed by atoms with E-state index in [2.05, 4.69) is 11.8 Å². The lowest BCUT2D eigenvalue weighted by molar-refractivity contribution is -0.00463. The Morgan fingerprint density at radius 2 is 2.38 bits per heavy atom. The van der Waals surface area contributed by atoms with E-state index in [1.54, 1.807) is 12.1 Å². The highest BCUT2D eigenvalue weighted by Crippen LogP contribution is 2.22. The third-order valence-corrected chi connectivity index (χ3v) is 2.98. The summed E-state index contributed by atoms with van der Waals surface area (Å²) in [6.45, 7) is 5.26. The molecule has 1 unspecified atom stereocenters. The van der Waals surface area contributed by atoms with Crippen molar-refractivity contribution >= 4 is 5.69 Å². The highest BCUT2D eigenvalue weighted by Gasteiger charge is 2.19. The van der Waals surface area contributed by atoms with E-state index < -0.39 is 0 Å². The lowest BCUT2D eigenvalue weighted by Gasteiger charge is -2.33. The Morgan fingerprint density at radius 1 is 1.56 bits per heavy atom. The molecule has 0 aromatic heterocycles. The van der Waals surface area contributed by atoms with E-state index in [-0.39, 0.29) is 0 Å². The highest BCUT2D eigenvalue weighted by atomic mass is 16.5. The number of phenols is 1. The van der Waals surface area contributed by atoms with Gasteiger partial charge in [0.15, 0.2) is 0 Å². The van der Waals surface area contributed by atoms with E-state index >= 15 is 0 Å². The van der Waals surface area contributed by atoms with E-state index in [1.807, 2.05) is 6.07 Å². The first-order chi connectivity index (χ1) is 7.66. The van der Waals surface area contributed by atoms with Crippen LogP contribution in [0, 0.1) is 0 Å². The quantitative estimate of drug-likeness (QED) is 0.583. The lowest BCUT2D eigenvalue weighted by atomic mass is 10.1. The summed E-state index contributed by atoms with van der Waals surface area (Å²) in [4.78, 5) is 2.29. The molecule has 0 amide bonds. The Bertz CT molecular complexity index is 368. The number of nitrogens with two attached hydrogens (primary N) is 1. The fourth-order valence-corrected chi connectivity index (χ4v) is 1.95. The summed E-state index contributed by atoms with van der Waals surface area (Å²) >= 11 is 0. The number of ether oxygens (including phenoxy) is 1. The number of rotatable bonds is 2. The first-order valence-corrected chi connectivity index (χ1v) is 5.56. The van der Waals surface area contributed by atoms with Crippen molar-refractivity contribution in [2.75, 3.05) is 25.5 Å². The standard InChI is InChI=1S/C12H18N2O2/c1-9-8-16-5-4-14(9)7-10-6-11(13)2-3-12(10)15/h2-3,6,9,15H,4-5,7-8,13H2,1H3. The molecular formula is C12H18N2O2. The number of benzene rings is 1. The van der Waals surface area contributed by atoms with Gasteiger partial charge in [-0.2, -0.15) is 0 Å². The summed E-state index contributed by atoms with van der Waals surface area (Å²) in [6.07, 6.45) is 0. The molecule has 1 aromatic rings. The Kier molecular flexibility index (Phi) is 3.31. The van der Waals surface area contributed by atoms with Crippen molar-refractivity contribution in [2.24, 2.45) is 0 Å². The molecule has 1 aliphatic heterocycles. The minimum atomic E-state index is 0.313. The van der Waals surface area contributed by atoms with Crippen LogP contribution in [0.25, 0.3) is 0 Å². The predicted octanol–water partition coefficient (Wildman–Crippen LogP) is 1.20. The first kappa shape index (κ1) is 11.2. The van der Waals surface area contributed by atoms with E-state index in [4.69, 9.17) is 10.5 Å². The second-order valence-corrected chi connectivity index (χ2v) is 4.28. The van der Waals surface area contributed by atoms with E-state index in [0.717, 1.165) is 31.9 Å². The number of hydrogen-bond acceptors (Lipinski definition) is 4. The van der Waals surface area contributed by atoms with Crippen molar-refractivity contribution in [3.8, 4) is 5.75 Å². The zero-order chi connectivity index (χ0) is 11.5. The van der Waals surface area contributed by atoms with E-state index in [9.17, 15) is 5.11 Å². The molecule has 1 aliphatic rings. The number of morpholine rings is 1. The first-order valence-electron chi connectivity index (χ1n) is 5.56. The maximum Gasteiger partial charge on any atom is 0.120 e. The second kappa shape index (κ2) is 4.72. The predicted molar refractivity (Wildman–Crippen MR) is 63.2 cm³/mol. The Labute approximate surface area is 95.6 Å². The van der Waals surface area contributed by atoms with Gasteiger partial charge < -0.3 is 15.6 Å². The normalized spacial score (nSPS) is 22.2. The molecule has 0 aliphatic carbocycles. The van der Waals surface area contributed by atoms with Crippen LogP contribution in [0.3, 0.4) is 0 Å². The topological polar surface area (TPSA) is 58.7 Å². The van der Waals surface area contributed by atoms with Gasteiger partial charge >= 0.3 is 0 Å². The van der Waals surface area contributed by atoms with Crippen LogP contribution in [0.5, 0.6) is 5.75 Å². The number of phenolic OH excluding ortho intramolecular Hbond substituents is 1. The largest absolute Gasteiger partial charge is 0.508 e. The molecule has 1 heterocycles. The van der Waals surface area contributed by atoms with Gasteiger partial charge in [-0.05, 0) is 25.1 Å². The zero-order valence-electron chi connectivity index (χ0n) is 9.52. The average molecular weight is 222 g/mol. The maximum atomic E-state index is 9.74. The summed E-state index contributed by atoms with van der Waals surface area (Å²) in [5, 5.41) is 9.74. The Hall–Kier alpha value is -1.26. The molecular weight excluding hydrogens is 204 g/mol. The summed E-state index contributed by atoms with van der Waals surface area (Å²) in [5.41, 5.74) is 7.28. The molecule has 0 spiro atoms. The number of aromatic hydroxyl groups is 1. The molecule has 0 radical (unpaired) electrons. The molecule has 1 aromatic carbocycles. The van der Waals surface area contributed by atoms with Crippen LogP contribution in [-0.2, 0) is 11.3 Å². The fraction of sp³-hybridized carbons (Fsp3) is 0.500. The summed E-state index contributed by atoms with van der Waals surface area (Å²) < 4.78 is 5.37. The number of anilines is 1. The minimum Gasteiger partial charge on any atom is -0.508 e. The molecule has 88 valence electrons. The van der Waals surface area contributed by atoms with Crippen LogP contribution in [-0.4, -0.2) is 35.8 Å². The van der Waals surface area contributed by atoms with Crippen LogP contribution in [0.2, 0.25) is 0 Å².